The summed E-state index contributed by atoms with van der Waals surface area (Å²) in [5, 5.41) is 0. The van der Waals surface area contributed by atoms with Gasteiger partial charge in [0, 0.05) is 25.8 Å². The van der Waals surface area contributed by atoms with Crippen LogP contribution in [0.15, 0.2) is 72.8 Å². The van der Waals surface area contributed by atoms with Crippen molar-refractivity contribution < 1.29 is 25.8 Å². The van der Waals surface area contributed by atoms with Crippen molar-refractivity contribution >= 4 is 6.08 Å². The Morgan fingerprint density at radius 1 is 0.793 bits per heavy atom. The number of benzene rings is 2. The monoisotopic (exact) mass is 553 g/mol. The van der Waals surface area contributed by atoms with Gasteiger partial charge in [0.1, 0.15) is 0 Å². The van der Waals surface area contributed by atoms with Crippen molar-refractivity contribution in [2.24, 2.45) is 0 Å². The van der Waals surface area contributed by atoms with Crippen LogP contribution in [0.25, 0.3) is 6.08 Å². The number of allylic oxidation sites excluding steroid dienone is 1. The Labute approximate surface area is 201 Å². The Bertz CT molecular complexity index is 750. The van der Waals surface area contributed by atoms with Gasteiger partial charge >= 0.3 is 0 Å². The molecule has 0 radical (unpaired) electrons. The minimum atomic E-state index is 0. The van der Waals surface area contributed by atoms with Crippen LogP contribution in [0.1, 0.15) is 33.7 Å². The van der Waals surface area contributed by atoms with Crippen LogP contribution in [-0.2, 0) is 32.3 Å². The van der Waals surface area contributed by atoms with E-state index in [2.05, 4.69) is 68.5 Å². The molecule has 0 heterocycles. The molecule has 0 amide bonds. The van der Waals surface area contributed by atoms with E-state index in [1.807, 2.05) is 30.3 Å². The third-order valence-electron chi connectivity index (χ3n) is 4.35. The van der Waals surface area contributed by atoms with Gasteiger partial charge in [-0.3, -0.25) is 6.08 Å². The van der Waals surface area contributed by atoms with Crippen molar-refractivity contribution in [3.8, 4) is 0 Å². The van der Waals surface area contributed by atoms with E-state index in [0.29, 0.717) is 5.92 Å². The number of aryl methyl sites for hydroxylation is 2. The van der Waals surface area contributed by atoms with Crippen LogP contribution in [0, 0.1) is 57.1 Å². The summed E-state index contributed by atoms with van der Waals surface area (Å²) in [6.07, 6.45) is 6.70. The summed E-state index contributed by atoms with van der Waals surface area (Å²) in [6.45, 7) is 4.36. The van der Waals surface area contributed by atoms with Crippen LogP contribution >= 0.6 is 0 Å². The summed E-state index contributed by atoms with van der Waals surface area (Å²) in [6, 6.07) is 25.3. The Kier molecular flexibility index (Phi) is 20.8. The molecule has 0 fully saturated rings. The first-order valence-electron chi connectivity index (χ1n) is 8.15. The van der Waals surface area contributed by atoms with Gasteiger partial charge in [0.15, 0.2) is 0 Å². The van der Waals surface area contributed by atoms with Gasteiger partial charge in [-0.25, -0.2) is 18.2 Å². The van der Waals surface area contributed by atoms with Crippen LogP contribution < -0.4 is 0 Å². The summed E-state index contributed by atoms with van der Waals surface area (Å²) in [5.41, 5.74) is 6.91. The Hall–Kier alpha value is -1.60. The number of hydrogen-bond acceptors (Lipinski definition) is 0. The number of rotatable bonds is 2. The van der Waals surface area contributed by atoms with E-state index >= 15 is 0 Å². The second-order valence-electron chi connectivity index (χ2n) is 6.08. The van der Waals surface area contributed by atoms with E-state index < -0.39 is 0 Å². The zero-order valence-corrected chi connectivity index (χ0v) is 22.9. The topological polar surface area (TPSA) is 0 Å². The molecular weight excluding hydrogens is 515 g/mol. The minimum absolute atomic E-state index is 0. The molecule has 0 nitrogen and oxygen atoms in total. The maximum absolute atomic E-state index is 3.50. The average Bonchev–Trinajstić information content (AvgIpc) is 3.24. The van der Waals surface area contributed by atoms with E-state index in [-0.39, 0.29) is 63.0 Å². The summed E-state index contributed by atoms with van der Waals surface area (Å²) < 4.78 is 0. The molecule has 3 aromatic rings. The summed E-state index contributed by atoms with van der Waals surface area (Å²) in [5.74, 6) is 0.418. The van der Waals surface area contributed by atoms with Gasteiger partial charge in [-0.05, 0) is 25.8 Å². The molecular formula is C28H37Hf-7. The van der Waals surface area contributed by atoms with Gasteiger partial charge in [-0.15, -0.1) is 11.6 Å². The molecule has 1 aliphatic carbocycles. The van der Waals surface area contributed by atoms with E-state index in [1.54, 1.807) is 0 Å². The van der Waals surface area contributed by atoms with Crippen LogP contribution in [0.5, 0.6) is 0 Å². The fourth-order valence-electron chi connectivity index (χ4n) is 2.91. The predicted octanol–water partition coefficient (Wildman–Crippen LogP) is 8.11. The second-order valence-corrected chi connectivity index (χ2v) is 6.08. The molecule has 0 aliphatic heterocycles. The zero-order valence-electron chi connectivity index (χ0n) is 19.3. The molecule has 0 saturated carbocycles. The third kappa shape index (κ3) is 9.63. The summed E-state index contributed by atoms with van der Waals surface area (Å²) in [4.78, 5) is 0. The normalized spacial score (nSPS) is 11.9. The van der Waals surface area contributed by atoms with Gasteiger partial charge < -0.3 is 37.1 Å². The summed E-state index contributed by atoms with van der Waals surface area (Å²) >= 11 is 0. The molecule has 0 spiro atoms. The Morgan fingerprint density at radius 2 is 1.34 bits per heavy atom. The molecule has 4 rings (SSSR count). The first-order chi connectivity index (χ1) is 11.2. The van der Waals surface area contributed by atoms with Gasteiger partial charge in [0.2, 0.25) is 0 Å². The van der Waals surface area contributed by atoms with E-state index in [0.717, 1.165) is 6.42 Å². The van der Waals surface area contributed by atoms with E-state index in [9.17, 15) is 0 Å². The fraction of sp³-hybridized carbons (Fsp3) is 0.143. The van der Waals surface area contributed by atoms with Gasteiger partial charge in [-0.1, -0.05) is 53.4 Å². The van der Waals surface area contributed by atoms with Crippen molar-refractivity contribution in [1.82, 2.24) is 0 Å². The third-order valence-corrected chi connectivity index (χ3v) is 4.35. The fourth-order valence-corrected chi connectivity index (χ4v) is 2.91. The van der Waals surface area contributed by atoms with Crippen LogP contribution in [-0.4, -0.2) is 0 Å². The predicted molar refractivity (Wildman–Crippen MR) is 131 cm³/mol. The maximum atomic E-state index is 3.50. The smallest absolute Gasteiger partial charge is 0 e. The standard InChI is InChI=1S/C18H17.C5H5.5CH3.Hf/c1-13-10-16-8-9-17(18(16)11-14(13)2)12-15-6-4-3-5-7-15;1-2-4-5-3-1;;;;;;/h3-8,10-11,17H,12H2,1-2H3;1-5H;5*1H3;/q7*-1;. The number of fused-ring (bicyclic) bond motifs is 1. The van der Waals surface area contributed by atoms with Gasteiger partial charge in [0.25, 0.3) is 0 Å². The molecule has 0 aromatic heterocycles. The first kappa shape index (κ1) is 34.9. The second kappa shape index (κ2) is 17.3. The molecule has 0 bridgehead atoms. The Morgan fingerprint density at radius 3 is 1.86 bits per heavy atom. The molecule has 1 aliphatic rings. The average molecular weight is 552 g/mol. The van der Waals surface area contributed by atoms with Crippen molar-refractivity contribution in [2.75, 3.05) is 0 Å². The Balaban J connectivity index is -0.000000253. The molecule has 1 unspecified atom stereocenters. The van der Waals surface area contributed by atoms with Crippen LogP contribution in [0.3, 0.4) is 0 Å². The maximum Gasteiger partial charge on any atom is 0 e. The number of hydrogen-bond donors (Lipinski definition) is 0. The molecule has 160 valence electrons. The van der Waals surface area contributed by atoms with E-state index in [4.69, 9.17) is 0 Å². The van der Waals surface area contributed by atoms with Crippen molar-refractivity contribution in [3.63, 3.8) is 0 Å². The van der Waals surface area contributed by atoms with Crippen molar-refractivity contribution in [3.05, 3.63) is 144 Å². The van der Waals surface area contributed by atoms with Gasteiger partial charge in [0.05, 0.1) is 0 Å². The SMILES string of the molecule is Cc1cc2c(cc1C)C(Cc1ccccc1)[C-]=C2.[CH3-].[CH3-].[CH3-].[CH3-].[CH3-].[Hf].c1cc[cH-]c1. The molecule has 0 saturated heterocycles. The molecule has 0 N–H and O–H groups in total. The van der Waals surface area contributed by atoms with E-state index in [1.165, 1.54) is 27.8 Å². The van der Waals surface area contributed by atoms with Gasteiger partial charge in [-0.2, -0.15) is 23.8 Å². The molecule has 1 atom stereocenters. The van der Waals surface area contributed by atoms with Crippen LogP contribution in [0.4, 0.5) is 0 Å². The molecule has 29 heavy (non-hydrogen) atoms. The zero-order chi connectivity index (χ0) is 16.1. The van der Waals surface area contributed by atoms with Crippen LogP contribution in [0.2, 0.25) is 0 Å². The van der Waals surface area contributed by atoms with Crippen molar-refractivity contribution in [2.45, 2.75) is 26.2 Å². The van der Waals surface area contributed by atoms with Crippen molar-refractivity contribution in [1.29, 1.82) is 0 Å². The molecule has 3 aromatic carbocycles. The first-order valence-corrected chi connectivity index (χ1v) is 8.15. The summed E-state index contributed by atoms with van der Waals surface area (Å²) in [7, 11) is 0. The quantitative estimate of drug-likeness (QED) is 0.223. The molecule has 1 heteroatoms. The largest absolute Gasteiger partial charge is 0.358 e. The minimum Gasteiger partial charge on any atom is -0.358 e.